The molecule has 3 N–H and O–H groups in total. The Labute approximate surface area is 178 Å². The number of hydrogen-bond acceptors (Lipinski definition) is 7. The summed E-state index contributed by atoms with van der Waals surface area (Å²) in [6.45, 7) is 2.17. The minimum atomic E-state index is -0.562. The van der Waals surface area contributed by atoms with Crippen molar-refractivity contribution in [2.24, 2.45) is 5.73 Å². The summed E-state index contributed by atoms with van der Waals surface area (Å²) < 4.78 is 15.8. The zero-order chi connectivity index (χ0) is 21.5. The highest BCUT2D eigenvalue weighted by Gasteiger charge is 2.26. The van der Waals surface area contributed by atoms with Crippen molar-refractivity contribution in [3.05, 3.63) is 40.3 Å². The molecule has 1 aliphatic rings. The smallest absolute Gasteiger partial charge is 0.309 e. The molecule has 0 aliphatic heterocycles. The predicted molar refractivity (Wildman–Crippen MR) is 112 cm³/mol. The summed E-state index contributed by atoms with van der Waals surface area (Å²) in [7, 11) is 0. The Morgan fingerprint density at radius 2 is 1.80 bits per heavy atom. The number of aryl methyl sites for hydroxylation is 1. The van der Waals surface area contributed by atoms with Gasteiger partial charge in [-0.2, -0.15) is 0 Å². The lowest BCUT2D eigenvalue weighted by atomic mass is 10.1. The van der Waals surface area contributed by atoms with E-state index in [-0.39, 0.29) is 13.0 Å². The highest BCUT2D eigenvalue weighted by molar-refractivity contribution is 7.17. The quantitative estimate of drug-likeness (QED) is 0.558. The molecule has 2 aromatic rings. The van der Waals surface area contributed by atoms with Gasteiger partial charge in [-0.1, -0.05) is 0 Å². The lowest BCUT2D eigenvalue weighted by molar-refractivity contribution is -0.147. The van der Waals surface area contributed by atoms with Crippen LogP contribution in [0.2, 0.25) is 0 Å². The Balaban J connectivity index is 1.41. The number of primary amides is 1. The second-order valence-electron chi connectivity index (χ2n) is 6.64. The van der Waals surface area contributed by atoms with Crippen LogP contribution in [0.3, 0.4) is 0 Å². The fourth-order valence-corrected chi connectivity index (χ4v) is 4.50. The first-order valence-corrected chi connectivity index (χ1v) is 10.5. The van der Waals surface area contributed by atoms with Crippen molar-refractivity contribution in [1.29, 1.82) is 0 Å². The molecule has 0 radical (unpaired) electrons. The Bertz CT molecular complexity index is 922. The van der Waals surface area contributed by atoms with Crippen LogP contribution in [0.15, 0.2) is 24.3 Å². The monoisotopic (exact) mass is 432 g/mol. The number of nitrogens with one attached hydrogen (secondary N) is 1. The number of anilines is 1. The topological polar surface area (TPSA) is 117 Å². The first-order chi connectivity index (χ1) is 14.5. The molecule has 0 saturated carbocycles. The molecule has 2 amide bonds. The fourth-order valence-electron chi connectivity index (χ4n) is 3.18. The number of rotatable bonds is 10. The molecule has 0 fully saturated rings. The zero-order valence-electron chi connectivity index (χ0n) is 16.7. The van der Waals surface area contributed by atoms with Gasteiger partial charge in [0.1, 0.15) is 16.5 Å². The molecule has 0 unspecified atom stereocenters. The molecule has 0 spiro atoms. The van der Waals surface area contributed by atoms with Gasteiger partial charge in [0, 0.05) is 4.88 Å². The van der Waals surface area contributed by atoms with Gasteiger partial charge in [-0.25, -0.2) is 0 Å². The molecule has 8 nitrogen and oxygen atoms in total. The van der Waals surface area contributed by atoms with Crippen LogP contribution in [-0.4, -0.2) is 37.6 Å². The number of nitrogens with two attached hydrogens (primary N) is 1. The second kappa shape index (κ2) is 10.1. The van der Waals surface area contributed by atoms with Gasteiger partial charge >= 0.3 is 5.97 Å². The van der Waals surface area contributed by atoms with Crippen LogP contribution in [0.5, 0.6) is 11.5 Å². The largest absolute Gasteiger partial charge is 0.494 e. The van der Waals surface area contributed by atoms with Crippen molar-refractivity contribution >= 4 is 34.1 Å². The Kier molecular flexibility index (Phi) is 7.29. The summed E-state index contributed by atoms with van der Waals surface area (Å²) in [4.78, 5) is 36.8. The molecule has 30 heavy (non-hydrogen) atoms. The number of esters is 1. The lowest BCUT2D eigenvalue weighted by Gasteiger charge is -2.09. The summed E-state index contributed by atoms with van der Waals surface area (Å²) >= 11 is 1.35. The molecule has 160 valence electrons. The number of carbonyl (C=O) groups is 3. The number of thiophene rings is 1. The summed E-state index contributed by atoms with van der Waals surface area (Å²) in [5, 5.41) is 3.06. The number of hydrogen-bond donors (Lipinski definition) is 2. The van der Waals surface area contributed by atoms with Gasteiger partial charge in [0.2, 0.25) is 0 Å². The number of amides is 2. The van der Waals surface area contributed by atoms with Crippen LogP contribution < -0.4 is 20.5 Å². The minimum Gasteiger partial charge on any atom is -0.494 e. The molecular weight excluding hydrogens is 408 g/mol. The Hall–Kier alpha value is -3.07. The molecular formula is C21H24N2O6S. The standard InChI is InChI=1S/C21H24N2O6S/c1-2-27-13-6-8-14(9-7-13)28-11-10-18(25)29-12-17(24)23-21-19(20(22)26)15-4-3-5-16(15)30-21/h6-9H,2-5,10-12H2,1H3,(H2,22,26)(H,23,24). The van der Waals surface area contributed by atoms with Crippen LogP contribution in [0.4, 0.5) is 5.00 Å². The second-order valence-corrected chi connectivity index (χ2v) is 7.74. The van der Waals surface area contributed by atoms with Crippen LogP contribution in [0.1, 0.15) is 40.6 Å². The van der Waals surface area contributed by atoms with E-state index in [1.54, 1.807) is 24.3 Å². The van der Waals surface area contributed by atoms with Gasteiger partial charge in [-0.15, -0.1) is 11.3 Å². The van der Waals surface area contributed by atoms with E-state index in [1.807, 2.05) is 6.92 Å². The number of benzene rings is 1. The third kappa shape index (κ3) is 5.50. The summed E-state index contributed by atoms with van der Waals surface area (Å²) in [5.41, 5.74) is 6.76. The molecule has 1 aromatic heterocycles. The molecule has 9 heteroatoms. The zero-order valence-corrected chi connectivity index (χ0v) is 17.5. The van der Waals surface area contributed by atoms with Crippen LogP contribution in [0, 0.1) is 0 Å². The van der Waals surface area contributed by atoms with Crippen molar-refractivity contribution in [2.45, 2.75) is 32.6 Å². The van der Waals surface area contributed by atoms with Gasteiger partial charge in [0.15, 0.2) is 6.61 Å². The van der Waals surface area contributed by atoms with E-state index in [0.29, 0.717) is 22.9 Å². The van der Waals surface area contributed by atoms with Crippen molar-refractivity contribution in [1.82, 2.24) is 0 Å². The Morgan fingerprint density at radius 1 is 1.10 bits per heavy atom. The average Bonchev–Trinajstić information content (AvgIpc) is 3.28. The van der Waals surface area contributed by atoms with Crippen LogP contribution in [-0.2, 0) is 27.2 Å². The molecule has 1 aliphatic carbocycles. The molecule has 0 saturated heterocycles. The normalized spacial score (nSPS) is 12.2. The van der Waals surface area contributed by atoms with Crippen molar-refractivity contribution in [3.8, 4) is 11.5 Å². The Morgan fingerprint density at radius 3 is 2.47 bits per heavy atom. The van der Waals surface area contributed by atoms with Gasteiger partial charge < -0.3 is 25.3 Å². The van der Waals surface area contributed by atoms with Gasteiger partial charge in [0.25, 0.3) is 11.8 Å². The number of ether oxygens (including phenoxy) is 3. The number of fused-ring (bicyclic) bond motifs is 1. The van der Waals surface area contributed by atoms with Gasteiger partial charge in [-0.3, -0.25) is 14.4 Å². The maximum atomic E-state index is 12.1. The van der Waals surface area contributed by atoms with Crippen molar-refractivity contribution in [2.75, 3.05) is 25.1 Å². The lowest BCUT2D eigenvalue weighted by Crippen LogP contribution is -2.23. The van der Waals surface area contributed by atoms with Gasteiger partial charge in [-0.05, 0) is 56.0 Å². The molecule has 1 heterocycles. The highest BCUT2D eigenvalue weighted by Crippen LogP contribution is 2.38. The summed E-state index contributed by atoms with van der Waals surface area (Å²) in [6.07, 6.45) is 2.63. The molecule has 0 bridgehead atoms. The van der Waals surface area contributed by atoms with E-state index >= 15 is 0 Å². The predicted octanol–water partition coefficient (Wildman–Crippen LogP) is 2.69. The van der Waals surface area contributed by atoms with Gasteiger partial charge in [0.05, 0.1) is 25.2 Å². The van der Waals surface area contributed by atoms with E-state index in [1.165, 1.54) is 11.3 Å². The van der Waals surface area contributed by atoms with Crippen LogP contribution >= 0.6 is 11.3 Å². The van der Waals surface area contributed by atoms with E-state index in [2.05, 4.69) is 5.32 Å². The SMILES string of the molecule is CCOc1ccc(OCCC(=O)OCC(=O)Nc2sc3c(c2C(N)=O)CCC3)cc1. The van der Waals surface area contributed by atoms with E-state index in [9.17, 15) is 14.4 Å². The maximum absolute atomic E-state index is 12.1. The maximum Gasteiger partial charge on any atom is 0.309 e. The van der Waals surface area contributed by atoms with Crippen LogP contribution in [0.25, 0.3) is 0 Å². The van der Waals surface area contributed by atoms with E-state index < -0.39 is 24.4 Å². The first kappa shape index (κ1) is 21.6. The van der Waals surface area contributed by atoms with Crippen molar-refractivity contribution < 1.29 is 28.6 Å². The first-order valence-electron chi connectivity index (χ1n) is 9.73. The number of carbonyl (C=O) groups excluding carboxylic acids is 3. The average molecular weight is 432 g/mol. The molecule has 3 rings (SSSR count). The van der Waals surface area contributed by atoms with Crippen molar-refractivity contribution in [3.63, 3.8) is 0 Å². The van der Waals surface area contributed by atoms with E-state index in [4.69, 9.17) is 19.9 Å². The van der Waals surface area contributed by atoms with E-state index in [0.717, 1.165) is 35.5 Å². The fraction of sp³-hybridized carbons (Fsp3) is 0.381. The minimum absolute atomic E-state index is 0.000323. The summed E-state index contributed by atoms with van der Waals surface area (Å²) in [6, 6.07) is 7.06. The summed E-state index contributed by atoms with van der Waals surface area (Å²) in [5.74, 6) is -0.286. The highest BCUT2D eigenvalue weighted by atomic mass is 32.1. The third-order valence-corrected chi connectivity index (χ3v) is 5.70. The third-order valence-electron chi connectivity index (χ3n) is 4.49. The molecule has 1 aromatic carbocycles. The molecule has 0 atom stereocenters.